The van der Waals surface area contributed by atoms with Crippen molar-refractivity contribution < 1.29 is 19.1 Å². The molecule has 164 valence electrons. The zero-order valence-electron chi connectivity index (χ0n) is 18.4. The van der Waals surface area contributed by atoms with Gasteiger partial charge in [0.1, 0.15) is 16.3 Å². The van der Waals surface area contributed by atoms with Gasteiger partial charge in [-0.1, -0.05) is 12.1 Å². The number of nitrogens with one attached hydrogen (secondary N) is 1. The molecule has 2 aromatic heterocycles. The summed E-state index contributed by atoms with van der Waals surface area (Å²) in [5, 5.41) is 9.66. The maximum Gasteiger partial charge on any atom is 0.341 e. The lowest BCUT2D eigenvalue weighted by Gasteiger charge is -2.09. The first kappa shape index (κ1) is 22.6. The van der Waals surface area contributed by atoms with Crippen molar-refractivity contribution in [3.8, 4) is 16.9 Å². The summed E-state index contributed by atoms with van der Waals surface area (Å²) in [6, 6.07) is 7.42. The Morgan fingerprint density at radius 3 is 2.48 bits per heavy atom. The third-order valence-corrected chi connectivity index (χ3v) is 6.08. The van der Waals surface area contributed by atoms with Crippen LogP contribution in [0.3, 0.4) is 0 Å². The van der Waals surface area contributed by atoms with E-state index in [1.165, 1.54) is 11.3 Å². The van der Waals surface area contributed by atoms with Gasteiger partial charge < -0.3 is 14.8 Å². The number of carbonyl (C=O) groups excluding carboxylic acids is 2. The third-order valence-electron chi connectivity index (χ3n) is 5.19. The van der Waals surface area contributed by atoms with Crippen molar-refractivity contribution in [2.45, 2.75) is 33.6 Å². The number of hydrogen-bond acceptors (Lipinski definition) is 6. The SMILES string of the molecule is CCOC(=O)c1c(-c2ccc(OC)cc2)csc1NC(=O)CCc1c(C)nn(C)c1C. The molecule has 0 unspecified atom stereocenters. The molecule has 31 heavy (non-hydrogen) atoms. The maximum absolute atomic E-state index is 12.7. The zero-order chi connectivity index (χ0) is 22.5. The molecule has 0 aliphatic carbocycles. The number of aromatic nitrogens is 2. The molecule has 1 N–H and O–H groups in total. The second-order valence-electron chi connectivity index (χ2n) is 7.12. The van der Waals surface area contributed by atoms with Gasteiger partial charge in [-0.25, -0.2) is 4.79 Å². The second-order valence-corrected chi connectivity index (χ2v) is 8.00. The Balaban J connectivity index is 1.82. The number of rotatable bonds is 8. The summed E-state index contributed by atoms with van der Waals surface area (Å²) in [6.45, 7) is 5.95. The predicted octanol–water partition coefficient (Wildman–Crippen LogP) is 4.52. The van der Waals surface area contributed by atoms with Crippen LogP contribution in [0, 0.1) is 13.8 Å². The molecule has 0 radical (unpaired) electrons. The van der Waals surface area contributed by atoms with E-state index in [0.717, 1.165) is 33.8 Å². The summed E-state index contributed by atoms with van der Waals surface area (Å²) >= 11 is 1.32. The molecule has 0 atom stereocenters. The number of benzene rings is 1. The lowest BCUT2D eigenvalue weighted by atomic mass is 10.0. The normalized spacial score (nSPS) is 10.7. The fourth-order valence-electron chi connectivity index (χ4n) is 3.45. The molecule has 7 nitrogen and oxygen atoms in total. The number of nitrogens with zero attached hydrogens (tertiary/aromatic N) is 2. The number of amides is 1. The van der Waals surface area contributed by atoms with Crippen molar-refractivity contribution in [3.05, 3.63) is 52.2 Å². The Labute approximate surface area is 186 Å². The number of anilines is 1. The number of carbonyl (C=O) groups is 2. The van der Waals surface area contributed by atoms with E-state index in [4.69, 9.17) is 9.47 Å². The number of methoxy groups -OCH3 is 1. The quantitative estimate of drug-likeness (QED) is 0.520. The number of aryl methyl sites for hydroxylation is 2. The van der Waals surface area contributed by atoms with E-state index in [1.807, 2.05) is 55.2 Å². The van der Waals surface area contributed by atoms with Crippen LogP contribution >= 0.6 is 11.3 Å². The first-order chi connectivity index (χ1) is 14.8. The molecule has 0 aliphatic heterocycles. The summed E-state index contributed by atoms with van der Waals surface area (Å²) in [4.78, 5) is 25.4. The van der Waals surface area contributed by atoms with Crippen molar-refractivity contribution in [1.82, 2.24) is 9.78 Å². The molecule has 3 aromatic rings. The molecule has 0 saturated heterocycles. The number of thiophene rings is 1. The Morgan fingerprint density at radius 2 is 1.90 bits per heavy atom. The highest BCUT2D eigenvalue weighted by Gasteiger charge is 2.23. The zero-order valence-corrected chi connectivity index (χ0v) is 19.3. The molecule has 0 bridgehead atoms. The van der Waals surface area contributed by atoms with E-state index in [9.17, 15) is 9.59 Å². The standard InChI is InChI=1S/C23H27N3O4S/c1-6-30-23(28)21-19(16-7-9-17(29-5)10-8-16)13-31-22(21)24-20(27)12-11-18-14(2)25-26(4)15(18)3/h7-10,13H,6,11-12H2,1-5H3,(H,24,27). The highest BCUT2D eigenvalue weighted by molar-refractivity contribution is 7.15. The van der Waals surface area contributed by atoms with Gasteiger partial charge in [-0.15, -0.1) is 11.3 Å². The highest BCUT2D eigenvalue weighted by atomic mass is 32.1. The molecule has 2 heterocycles. The van der Waals surface area contributed by atoms with E-state index < -0.39 is 5.97 Å². The Hall–Kier alpha value is -3.13. The van der Waals surface area contributed by atoms with Gasteiger partial charge in [-0.2, -0.15) is 5.10 Å². The number of ether oxygens (including phenoxy) is 2. The number of hydrogen-bond donors (Lipinski definition) is 1. The van der Waals surface area contributed by atoms with Crippen molar-refractivity contribution in [1.29, 1.82) is 0 Å². The van der Waals surface area contributed by atoms with Gasteiger partial charge in [-0.3, -0.25) is 9.48 Å². The topological polar surface area (TPSA) is 82.4 Å². The highest BCUT2D eigenvalue weighted by Crippen LogP contribution is 2.37. The van der Waals surface area contributed by atoms with Gasteiger partial charge in [-0.05, 0) is 50.5 Å². The minimum atomic E-state index is -0.455. The summed E-state index contributed by atoms with van der Waals surface area (Å²) in [5.74, 6) is 0.117. The van der Waals surface area contributed by atoms with Gasteiger partial charge >= 0.3 is 5.97 Å². The molecule has 1 aromatic carbocycles. The van der Waals surface area contributed by atoms with Crippen LogP contribution in [0.25, 0.3) is 11.1 Å². The van der Waals surface area contributed by atoms with E-state index in [2.05, 4.69) is 10.4 Å². The monoisotopic (exact) mass is 441 g/mol. The summed E-state index contributed by atoms with van der Waals surface area (Å²) in [6.07, 6.45) is 0.883. The van der Waals surface area contributed by atoms with Crippen molar-refractivity contribution in [2.24, 2.45) is 7.05 Å². The molecule has 0 fully saturated rings. The molecular formula is C23H27N3O4S. The smallest absolute Gasteiger partial charge is 0.341 e. The molecule has 0 spiro atoms. The molecule has 0 saturated carbocycles. The average molecular weight is 442 g/mol. The van der Waals surface area contributed by atoms with Crippen LogP contribution in [0.5, 0.6) is 5.75 Å². The Morgan fingerprint density at radius 1 is 1.19 bits per heavy atom. The van der Waals surface area contributed by atoms with Crippen molar-refractivity contribution >= 4 is 28.2 Å². The Kier molecular flexibility index (Phi) is 7.12. The van der Waals surface area contributed by atoms with Crippen LogP contribution in [-0.2, 0) is 23.0 Å². The van der Waals surface area contributed by atoms with Gasteiger partial charge in [0.25, 0.3) is 0 Å². The average Bonchev–Trinajstić information content (AvgIpc) is 3.27. The Bertz CT molecular complexity index is 1080. The van der Waals surface area contributed by atoms with Gasteiger partial charge in [0.15, 0.2) is 0 Å². The molecule has 1 amide bonds. The summed E-state index contributed by atoms with van der Waals surface area (Å²) in [5.41, 5.74) is 5.00. The van der Waals surface area contributed by atoms with Gasteiger partial charge in [0, 0.05) is 30.1 Å². The van der Waals surface area contributed by atoms with Crippen molar-refractivity contribution in [2.75, 3.05) is 19.0 Å². The molecular weight excluding hydrogens is 414 g/mol. The lowest BCUT2D eigenvalue weighted by molar-refractivity contribution is -0.116. The molecule has 8 heteroatoms. The van der Waals surface area contributed by atoms with Crippen LogP contribution in [0.2, 0.25) is 0 Å². The summed E-state index contributed by atoms with van der Waals surface area (Å²) < 4.78 is 12.3. The van der Waals surface area contributed by atoms with E-state index in [1.54, 1.807) is 14.0 Å². The fourth-order valence-corrected chi connectivity index (χ4v) is 4.42. The fraction of sp³-hybridized carbons (Fsp3) is 0.348. The van der Waals surface area contributed by atoms with Crippen LogP contribution in [0.4, 0.5) is 5.00 Å². The van der Waals surface area contributed by atoms with Crippen LogP contribution in [-0.4, -0.2) is 35.4 Å². The van der Waals surface area contributed by atoms with Crippen LogP contribution in [0.1, 0.15) is 40.7 Å². The molecule has 3 rings (SSSR count). The summed E-state index contributed by atoms with van der Waals surface area (Å²) in [7, 11) is 3.50. The van der Waals surface area contributed by atoms with E-state index in [0.29, 0.717) is 23.4 Å². The second kappa shape index (κ2) is 9.78. The van der Waals surface area contributed by atoms with E-state index in [-0.39, 0.29) is 12.5 Å². The van der Waals surface area contributed by atoms with Gasteiger partial charge in [0.2, 0.25) is 5.91 Å². The lowest BCUT2D eigenvalue weighted by Crippen LogP contribution is -2.15. The first-order valence-corrected chi connectivity index (χ1v) is 11.0. The molecule has 0 aliphatic rings. The van der Waals surface area contributed by atoms with Gasteiger partial charge in [0.05, 0.1) is 19.4 Å². The third kappa shape index (κ3) is 4.96. The van der Waals surface area contributed by atoms with Crippen LogP contribution in [0.15, 0.2) is 29.6 Å². The minimum absolute atomic E-state index is 0.156. The van der Waals surface area contributed by atoms with Crippen LogP contribution < -0.4 is 10.1 Å². The van der Waals surface area contributed by atoms with E-state index >= 15 is 0 Å². The first-order valence-electron chi connectivity index (χ1n) is 10.1. The predicted molar refractivity (Wildman–Crippen MR) is 122 cm³/mol. The van der Waals surface area contributed by atoms with Crippen molar-refractivity contribution in [3.63, 3.8) is 0 Å². The minimum Gasteiger partial charge on any atom is -0.497 e. The maximum atomic E-state index is 12.7. The largest absolute Gasteiger partial charge is 0.497 e. The number of esters is 1.